The maximum atomic E-state index is 12.6. The molecule has 27 heavy (non-hydrogen) atoms. The number of para-hydroxylation sites is 1. The first-order valence-electron chi connectivity index (χ1n) is 9.14. The molecular weight excluding hydrogens is 340 g/mol. The van der Waals surface area contributed by atoms with Crippen LogP contribution in [0.5, 0.6) is 5.75 Å². The van der Waals surface area contributed by atoms with E-state index in [2.05, 4.69) is 23.5 Å². The Kier molecular flexibility index (Phi) is 6.26. The molecule has 0 aromatic heterocycles. The fourth-order valence-electron chi connectivity index (χ4n) is 3.07. The summed E-state index contributed by atoms with van der Waals surface area (Å²) in [6.45, 7) is 2.81. The number of ether oxygens (including phenoxy) is 1. The van der Waals surface area contributed by atoms with Crippen LogP contribution in [0, 0.1) is 0 Å². The van der Waals surface area contributed by atoms with Crippen LogP contribution >= 0.6 is 0 Å². The standard InChI is InChI=1S/C22H24N2O3/c1-17(23-21(25)16-27-20-10-6-3-7-11-20)22(26)24-14-12-19(13-15-24)18-8-4-2-5-9-18/h2-12,17H,13-16H2,1H3,(H,23,25)/t17-/m0/s1. The van der Waals surface area contributed by atoms with Gasteiger partial charge >= 0.3 is 0 Å². The van der Waals surface area contributed by atoms with Crippen molar-refractivity contribution in [2.24, 2.45) is 0 Å². The molecule has 2 aromatic rings. The highest BCUT2D eigenvalue weighted by Gasteiger charge is 2.24. The van der Waals surface area contributed by atoms with Gasteiger partial charge in [-0.3, -0.25) is 9.59 Å². The van der Waals surface area contributed by atoms with E-state index in [1.807, 2.05) is 36.4 Å². The summed E-state index contributed by atoms with van der Waals surface area (Å²) in [4.78, 5) is 26.4. The van der Waals surface area contributed by atoms with E-state index < -0.39 is 6.04 Å². The third-order valence-electron chi connectivity index (χ3n) is 4.53. The number of nitrogens with zero attached hydrogens (tertiary/aromatic N) is 1. The molecule has 5 heteroatoms. The number of benzene rings is 2. The van der Waals surface area contributed by atoms with E-state index in [-0.39, 0.29) is 18.4 Å². The monoisotopic (exact) mass is 364 g/mol. The lowest BCUT2D eigenvalue weighted by Crippen LogP contribution is -2.49. The SMILES string of the molecule is C[C@H](NC(=O)COc1ccccc1)C(=O)N1CC=C(c2ccccc2)CC1. The van der Waals surface area contributed by atoms with E-state index in [0.717, 1.165) is 6.42 Å². The number of carbonyl (C=O) groups excluding carboxylic acids is 2. The molecule has 0 aliphatic carbocycles. The van der Waals surface area contributed by atoms with Gasteiger partial charge in [0.25, 0.3) is 5.91 Å². The lowest BCUT2D eigenvalue weighted by atomic mass is 9.99. The first kappa shape index (κ1) is 18.7. The Balaban J connectivity index is 1.47. The average Bonchev–Trinajstić information content (AvgIpc) is 2.73. The largest absolute Gasteiger partial charge is 0.484 e. The van der Waals surface area contributed by atoms with Crippen molar-refractivity contribution in [3.63, 3.8) is 0 Å². The molecule has 1 aliphatic rings. The summed E-state index contributed by atoms with van der Waals surface area (Å²) in [6, 6.07) is 18.7. The number of nitrogens with one attached hydrogen (secondary N) is 1. The highest BCUT2D eigenvalue weighted by Crippen LogP contribution is 2.22. The Hall–Kier alpha value is -3.08. The Labute approximate surface area is 159 Å². The summed E-state index contributed by atoms with van der Waals surface area (Å²) in [6.07, 6.45) is 2.90. The van der Waals surface area contributed by atoms with Crippen LogP contribution in [0.2, 0.25) is 0 Å². The minimum Gasteiger partial charge on any atom is -0.484 e. The zero-order valence-corrected chi connectivity index (χ0v) is 15.4. The van der Waals surface area contributed by atoms with Crippen LogP contribution < -0.4 is 10.1 Å². The van der Waals surface area contributed by atoms with Crippen LogP contribution in [0.25, 0.3) is 5.57 Å². The van der Waals surface area contributed by atoms with Gasteiger partial charge in [0.1, 0.15) is 11.8 Å². The molecule has 0 fully saturated rings. The molecule has 1 N–H and O–H groups in total. The van der Waals surface area contributed by atoms with Crippen molar-refractivity contribution in [3.05, 3.63) is 72.3 Å². The number of amides is 2. The number of rotatable bonds is 6. The van der Waals surface area contributed by atoms with Crippen molar-refractivity contribution in [3.8, 4) is 5.75 Å². The summed E-state index contributed by atoms with van der Waals surface area (Å²) >= 11 is 0. The maximum absolute atomic E-state index is 12.6. The fourth-order valence-corrected chi connectivity index (χ4v) is 3.07. The zero-order chi connectivity index (χ0) is 19.1. The molecular formula is C22H24N2O3. The minimum atomic E-state index is -0.580. The van der Waals surface area contributed by atoms with Crippen LogP contribution in [-0.2, 0) is 9.59 Å². The van der Waals surface area contributed by atoms with Crippen molar-refractivity contribution in [1.29, 1.82) is 0 Å². The van der Waals surface area contributed by atoms with Crippen LogP contribution in [0.4, 0.5) is 0 Å². The van der Waals surface area contributed by atoms with E-state index in [9.17, 15) is 9.59 Å². The third-order valence-corrected chi connectivity index (χ3v) is 4.53. The highest BCUT2D eigenvalue weighted by atomic mass is 16.5. The molecule has 5 nitrogen and oxygen atoms in total. The summed E-state index contributed by atoms with van der Waals surface area (Å²) in [5.41, 5.74) is 2.46. The molecule has 1 atom stereocenters. The summed E-state index contributed by atoms with van der Waals surface area (Å²) < 4.78 is 5.41. The van der Waals surface area contributed by atoms with Crippen molar-refractivity contribution >= 4 is 17.4 Å². The van der Waals surface area contributed by atoms with Gasteiger partial charge in [-0.2, -0.15) is 0 Å². The Morgan fingerprint density at radius 3 is 2.37 bits per heavy atom. The Morgan fingerprint density at radius 2 is 1.74 bits per heavy atom. The lowest BCUT2D eigenvalue weighted by molar-refractivity contribution is -0.136. The molecule has 3 rings (SSSR count). The van der Waals surface area contributed by atoms with Gasteiger partial charge in [-0.1, -0.05) is 54.6 Å². The minimum absolute atomic E-state index is 0.0774. The normalized spacial score (nSPS) is 14.9. The molecule has 0 saturated carbocycles. The van der Waals surface area contributed by atoms with E-state index in [1.165, 1.54) is 11.1 Å². The van der Waals surface area contributed by atoms with E-state index in [1.54, 1.807) is 24.0 Å². The summed E-state index contributed by atoms with van der Waals surface area (Å²) in [5, 5.41) is 2.71. The van der Waals surface area contributed by atoms with Gasteiger partial charge in [-0.25, -0.2) is 0 Å². The summed E-state index contributed by atoms with van der Waals surface area (Å²) in [7, 11) is 0. The molecule has 2 aromatic carbocycles. The molecule has 0 spiro atoms. The average molecular weight is 364 g/mol. The van der Waals surface area contributed by atoms with Crippen LogP contribution in [0.3, 0.4) is 0 Å². The van der Waals surface area contributed by atoms with Crippen LogP contribution in [-0.4, -0.2) is 42.5 Å². The fraction of sp³-hybridized carbons (Fsp3) is 0.273. The zero-order valence-electron chi connectivity index (χ0n) is 15.4. The van der Waals surface area contributed by atoms with E-state index in [4.69, 9.17) is 4.74 Å². The van der Waals surface area contributed by atoms with Gasteiger partial charge in [0.15, 0.2) is 6.61 Å². The molecule has 2 amide bonds. The van der Waals surface area contributed by atoms with E-state index >= 15 is 0 Å². The summed E-state index contributed by atoms with van der Waals surface area (Å²) in [5.74, 6) is 0.241. The van der Waals surface area contributed by atoms with Crippen molar-refractivity contribution in [2.45, 2.75) is 19.4 Å². The van der Waals surface area contributed by atoms with Crippen LogP contribution in [0.1, 0.15) is 18.9 Å². The second kappa shape index (κ2) is 9.03. The van der Waals surface area contributed by atoms with Gasteiger partial charge in [-0.05, 0) is 36.6 Å². The topological polar surface area (TPSA) is 58.6 Å². The second-order valence-electron chi connectivity index (χ2n) is 6.52. The third kappa shape index (κ3) is 5.20. The molecule has 1 heterocycles. The number of hydrogen-bond donors (Lipinski definition) is 1. The molecule has 0 unspecified atom stereocenters. The molecule has 0 saturated heterocycles. The molecule has 0 radical (unpaired) electrons. The molecule has 140 valence electrons. The maximum Gasteiger partial charge on any atom is 0.258 e. The predicted octanol–water partition coefficient (Wildman–Crippen LogP) is 2.89. The first-order chi connectivity index (χ1) is 13.1. The number of carbonyl (C=O) groups is 2. The van der Waals surface area contributed by atoms with Crippen molar-refractivity contribution in [1.82, 2.24) is 10.2 Å². The Morgan fingerprint density at radius 1 is 1.07 bits per heavy atom. The second-order valence-corrected chi connectivity index (χ2v) is 6.52. The van der Waals surface area contributed by atoms with Gasteiger partial charge in [-0.15, -0.1) is 0 Å². The van der Waals surface area contributed by atoms with Gasteiger partial charge in [0.2, 0.25) is 5.91 Å². The van der Waals surface area contributed by atoms with Gasteiger partial charge in [0.05, 0.1) is 0 Å². The van der Waals surface area contributed by atoms with Crippen molar-refractivity contribution in [2.75, 3.05) is 19.7 Å². The highest BCUT2D eigenvalue weighted by molar-refractivity contribution is 5.88. The molecule has 0 bridgehead atoms. The quantitative estimate of drug-likeness (QED) is 0.857. The van der Waals surface area contributed by atoms with Gasteiger partial charge < -0.3 is 15.0 Å². The van der Waals surface area contributed by atoms with Crippen molar-refractivity contribution < 1.29 is 14.3 Å². The van der Waals surface area contributed by atoms with Gasteiger partial charge in [0, 0.05) is 13.1 Å². The Bertz CT molecular complexity index is 803. The smallest absolute Gasteiger partial charge is 0.258 e. The lowest BCUT2D eigenvalue weighted by Gasteiger charge is -2.29. The van der Waals surface area contributed by atoms with E-state index in [0.29, 0.717) is 18.8 Å². The number of hydrogen-bond acceptors (Lipinski definition) is 3. The first-order valence-corrected chi connectivity index (χ1v) is 9.14. The molecule has 1 aliphatic heterocycles. The predicted molar refractivity (Wildman–Crippen MR) is 105 cm³/mol. The van der Waals surface area contributed by atoms with Crippen LogP contribution in [0.15, 0.2) is 66.7 Å².